The van der Waals surface area contributed by atoms with Gasteiger partial charge in [0.2, 0.25) is 5.91 Å². The molecule has 3 unspecified atom stereocenters. The van der Waals surface area contributed by atoms with Gasteiger partial charge in [-0.3, -0.25) is 9.59 Å². The molecule has 5 saturated carbocycles. The van der Waals surface area contributed by atoms with E-state index in [1.54, 1.807) is 11.3 Å². The van der Waals surface area contributed by atoms with Gasteiger partial charge in [0.05, 0.1) is 23.7 Å². The fraction of sp³-hybridized carbons (Fsp3) is 0.739. The Hall–Kier alpha value is -1.20. The summed E-state index contributed by atoms with van der Waals surface area (Å²) in [6, 6.07) is 0. The average Bonchev–Trinajstić information content (AvgIpc) is 3.44. The van der Waals surface area contributed by atoms with Gasteiger partial charge in [0.1, 0.15) is 5.00 Å². The summed E-state index contributed by atoms with van der Waals surface area (Å²) in [6.07, 6.45) is 10.2. The summed E-state index contributed by atoms with van der Waals surface area (Å²) >= 11 is 1.59. The van der Waals surface area contributed by atoms with Gasteiger partial charge < -0.3 is 10.1 Å². The van der Waals surface area contributed by atoms with Crippen molar-refractivity contribution in [3.05, 3.63) is 16.0 Å². The van der Waals surface area contributed by atoms with Crippen molar-refractivity contribution in [2.45, 2.75) is 77.4 Å². The van der Waals surface area contributed by atoms with Crippen LogP contribution in [-0.2, 0) is 16.1 Å². The average molecular weight is 400 g/mol. The SMILES string of the molecule is CC1OCc2sc(NC(=O)C34CC5CC(CC3C5)C4)c(C(=O)C3CCCC3)c21. The maximum Gasteiger partial charge on any atom is 0.231 e. The number of thiophene rings is 1. The number of carbonyl (C=O) groups is 2. The molecule has 0 aromatic carbocycles. The normalized spacial score (nSPS) is 38.3. The van der Waals surface area contributed by atoms with Crippen LogP contribution in [0.3, 0.4) is 0 Å². The number of hydrogen-bond acceptors (Lipinski definition) is 4. The van der Waals surface area contributed by atoms with E-state index < -0.39 is 0 Å². The second-order valence-electron chi connectivity index (χ2n) is 10.1. The molecule has 7 rings (SSSR count). The Morgan fingerprint density at radius 1 is 1.11 bits per heavy atom. The van der Waals surface area contributed by atoms with E-state index in [1.165, 1.54) is 19.3 Å². The van der Waals surface area contributed by atoms with E-state index in [9.17, 15) is 9.59 Å². The monoisotopic (exact) mass is 399 g/mol. The predicted molar refractivity (Wildman–Crippen MR) is 108 cm³/mol. The Morgan fingerprint density at radius 3 is 2.54 bits per heavy atom. The number of anilines is 1. The molecule has 1 aromatic heterocycles. The Labute approximate surface area is 170 Å². The summed E-state index contributed by atoms with van der Waals surface area (Å²) in [6.45, 7) is 2.60. The number of nitrogens with one attached hydrogen (secondary N) is 1. The number of rotatable bonds is 4. The minimum atomic E-state index is -0.155. The van der Waals surface area contributed by atoms with Crippen molar-refractivity contribution in [2.75, 3.05) is 5.32 Å². The van der Waals surface area contributed by atoms with Gasteiger partial charge >= 0.3 is 0 Å². The van der Waals surface area contributed by atoms with E-state index in [2.05, 4.69) is 5.32 Å². The zero-order valence-electron chi connectivity index (χ0n) is 16.6. The van der Waals surface area contributed by atoms with E-state index in [0.717, 1.165) is 71.4 Å². The van der Waals surface area contributed by atoms with Crippen LogP contribution in [0.5, 0.6) is 0 Å². The first-order valence-corrected chi connectivity index (χ1v) is 12.0. The Kier molecular flexibility index (Phi) is 3.87. The second-order valence-corrected chi connectivity index (χ2v) is 11.2. The third kappa shape index (κ3) is 2.38. The predicted octanol–water partition coefficient (Wildman–Crippen LogP) is 5.48. The standard InChI is InChI=1S/C23H29NO3S/c1-12-18-17(11-27-12)28-21(19(18)20(25)15-4-2-3-5-15)24-22(26)23-9-13-6-14(10-23)8-16(23)7-13/h12-16H,2-11H2,1H3,(H,24,26). The summed E-state index contributed by atoms with van der Waals surface area (Å²) in [5.41, 5.74) is 1.70. The molecular formula is C23H29NO3S. The van der Waals surface area contributed by atoms with Gasteiger partial charge in [-0.25, -0.2) is 0 Å². The number of ether oxygens (including phenoxy) is 1. The molecule has 150 valence electrons. The van der Waals surface area contributed by atoms with Crippen LogP contribution < -0.4 is 5.32 Å². The molecule has 0 radical (unpaired) electrons. The highest BCUT2D eigenvalue weighted by molar-refractivity contribution is 7.17. The van der Waals surface area contributed by atoms with Crippen molar-refractivity contribution in [2.24, 2.45) is 29.1 Å². The van der Waals surface area contributed by atoms with E-state index in [4.69, 9.17) is 4.74 Å². The van der Waals surface area contributed by atoms with Crippen LogP contribution in [0.15, 0.2) is 0 Å². The molecule has 5 aliphatic carbocycles. The molecule has 5 fully saturated rings. The summed E-state index contributed by atoms with van der Waals surface area (Å²) in [7, 11) is 0. The van der Waals surface area contributed by atoms with Crippen molar-refractivity contribution >= 4 is 28.0 Å². The highest BCUT2D eigenvalue weighted by atomic mass is 32.1. The highest BCUT2D eigenvalue weighted by Crippen LogP contribution is 2.65. The van der Waals surface area contributed by atoms with Crippen LogP contribution in [0.2, 0.25) is 0 Å². The zero-order chi connectivity index (χ0) is 19.0. The minimum Gasteiger partial charge on any atom is -0.368 e. The van der Waals surface area contributed by atoms with Crippen LogP contribution in [-0.4, -0.2) is 11.7 Å². The van der Waals surface area contributed by atoms with Gasteiger partial charge in [0.25, 0.3) is 0 Å². The third-order valence-electron chi connectivity index (χ3n) is 8.53. The lowest BCUT2D eigenvalue weighted by atomic mass is 9.75. The van der Waals surface area contributed by atoms with Gasteiger partial charge in [-0.05, 0) is 69.6 Å². The molecule has 3 atom stereocenters. The molecule has 0 saturated heterocycles. The Bertz CT molecular complexity index is 838. The van der Waals surface area contributed by atoms with E-state index in [-0.39, 0.29) is 29.1 Å². The van der Waals surface area contributed by atoms with E-state index in [1.807, 2.05) is 6.92 Å². The Morgan fingerprint density at radius 2 is 1.82 bits per heavy atom. The molecule has 4 nitrogen and oxygen atoms in total. The largest absolute Gasteiger partial charge is 0.368 e. The molecule has 1 aliphatic heterocycles. The van der Waals surface area contributed by atoms with Crippen molar-refractivity contribution in [3.63, 3.8) is 0 Å². The number of amides is 1. The number of fused-ring (bicyclic) bond motifs is 1. The van der Waals surface area contributed by atoms with Crippen LogP contribution in [0, 0.1) is 29.1 Å². The Balaban J connectivity index is 1.34. The molecule has 1 aromatic rings. The first-order valence-electron chi connectivity index (χ1n) is 11.2. The fourth-order valence-corrected chi connectivity index (χ4v) is 8.64. The van der Waals surface area contributed by atoms with Crippen molar-refractivity contribution < 1.29 is 14.3 Å². The van der Waals surface area contributed by atoms with E-state index >= 15 is 0 Å². The maximum absolute atomic E-state index is 13.5. The molecule has 4 bridgehead atoms. The molecule has 5 heteroatoms. The van der Waals surface area contributed by atoms with Gasteiger partial charge in [0.15, 0.2) is 5.78 Å². The number of Topliss-reactive ketones (excluding diaryl/α,β-unsaturated/α-hetero) is 1. The number of carbonyl (C=O) groups excluding carboxylic acids is 2. The summed E-state index contributed by atoms with van der Waals surface area (Å²) in [4.78, 5) is 28.1. The zero-order valence-corrected chi connectivity index (χ0v) is 17.4. The molecule has 2 heterocycles. The van der Waals surface area contributed by atoms with Gasteiger partial charge in [-0.15, -0.1) is 11.3 Å². The van der Waals surface area contributed by atoms with Gasteiger partial charge in [0, 0.05) is 16.4 Å². The van der Waals surface area contributed by atoms with Crippen LogP contribution in [0.4, 0.5) is 5.00 Å². The molecule has 1 N–H and O–H groups in total. The smallest absolute Gasteiger partial charge is 0.231 e. The summed E-state index contributed by atoms with van der Waals surface area (Å²) in [5.74, 6) is 2.65. The highest BCUT2D eigenvalue weighted by Gasteiger charge is 2.61. The third-order valence-corrected chi connectivity index (χ3v) is 9.63. The fourth-order valence-electron chi connectivity index (χ4n) is 7.43. The lowest BCUT2D eigenvalue weighted by Gasteiger charge is -2.31. The first-order chi connectivity index (χ1) is 13.5. The number of hydrogen-bond donors (Lipinski definition) is 1. The van der Waals surface area contributed by atoms with Gasteiger partial charge in [-0.2, -0.15) is 0 Å². The van der Waals surface area contributed by atoms with Gasteiger partial charge in [-0.1, -0.05) is 12.8 Å². The lowest BCUT2D eigenvalue weighted by molar-refractivity contribution is -0.127. The van der Waals surface area contributed by atoms with Crippen LogP contribution in [0.1, 0.15) is 91.6 Å². The van der Waals surface area contributed by atoms with Crippen LogP contribution >= 0.6 is 11.3 Å². The van der Waals surface area contributed by atoms with Crippen molar-refractivity contribution in [1.82, 2.24) is 0 Å². The first kappa shape index (κ1) is 17.6. The maximum atomic E-state index is 13.5. The van der Waals surface area contributed by atoms with Crippen molar-refractivity contribution in [3.8, 4) is 0 Å². The lowest BCUT2D eigenvalue weighted by Crippen LogP contribution is -2.37. The molecule has 6 aliphatic rings. The van der Waals surface area contributed by atoms with Crippen molar-refractivity contribution in [1.29, 1.82) is 0 Å². The summed E-state index contributed by atoms with van der Waals surface area (Å²) < 4.78 is 5.81. The van der Waals surface area contributed by atoms with Crippen LogP contribution in [0.25, 0.3) is 0 Å². The molecule has 0 spiro atoms. The molecule has 1 amide bonds. The second kappa shape index (κ2) is 6.15. The quantitative estimate of drug-likeness (QED) is 0.682. The molecule has 28 heavy (non-hydrogen) atoms. The number of ketones is 1. The molecular weight excluding hydrogens is 370 g/mol. The summed E-state index contributed by atoms with van der Waals surface area (Å²) in [5, 5.41) is 4.14. The van der Waals surface area contributed by atoms with E-state index in [0.29, 0.717) is 12.5 Å². The minimum absolute atomic E-state index is 0.0474. The topological polar surface area (TPSA) is 55.4 Å².